The predicted molar refractivity (Wildman–Crippen MR) is 123 cm³/mol. The van der Waals surface area contributed by atoms with Crippen molar-refractivity contribution < 1.29 is 14.4 Å². The van der Waals surface area contributed by atoms with Crippen molar-refractivity contribution in [3.05, 3.63) is 62.3 Å². The number of benzene rings is 1. The summed E-state index contributed by atoms with van der Waals surface area (Å²) in [4.78, 5) is 65.3. The van der Waals surface area contributed by atoms with Crippen LogP contribution in [0.4, 0.5) is 10.6 Å². The lowest BCUT2D eigenvalue weighted by atomic mass is 9.85. The number of Topliss-reactive ketones (excluding diaryl/α,β-unsaturated/α-hetero) is 1. The number of ketones is 1. The Kier molecular flexibility index (Phi) is 6.85. The highest BCUT2D eigenvalue weighted by Gasteiger charge is 2.52. The zero-order valence-corrected chi connectivity index (χ0v) is 19.1. The first-order valence-electron chi connectivity index (χ1n) is 11.0. The van der Waals surface area contributed by atoms with Gasteiger partial charge in [0.05, 0.1) is 6.54 Å². The number of nitrogens with zero attached hydrogens (tertiary/aromatic N) is 3. The molecular formula is C23H29N5O5. The van der Waals surface area contributed by atoms with Gasteiger partial charge in [-0.3, -0.25) is 28.4 Å². The van der Waals surface area contributed by atoms with Crippen LogP contribution in [0.15, 0.2) is 39.9 Å². The lowest BCUT2D eigenvalue weighted by molar-refractivity contribution is -0.131. The third-order valence-corrected chi connectivity index (χ3v) is 5.96. The van der Waals surface area contributed by atoms with E-state index in [-0.39, 0.29) is 12.4 Å². The molecule has 0 bridgehead atoms. The van der Waals surface area contributed by atoms with Crippen molar-refractivity contribution in [1.82, 2.24) is 19.4 Å². The van der Waals surface area contributed by atoms with Crippen LogP contribution in [0.3, 0.4) is 0 Å². The number of nitrogens with two attached hydrogens (primary N) is 1. The number of nitrogens with one attached hydrogen (secondary N) is 1. The molecule has 10 nitrogen and oxygen atoms in total. The molecule has 176 valence electrons. The van der Waals surface area contributed by atoms with Gasteiger partial charge in [-0.2, -0.15) is 0 Å². The standard InChI is InChI=1S/C23H29N5O5/c1-4-6-12-23(15-10-8-7-9-11-15)20(31)28(21(32)25-23)14-16(29)17-18(24)27(13-5-2)22(33)26(3)19(17)30/h7-11H,4-6,12-14,24H2,1-3H3,(H,25,32)/t23-/m0/s1. The monoisotopic (exact) mass is 455 g/mol. The first kappa shape index (κ1) is 24.0. The summed E-state index contributed by atoms with van der Waals surface area (Å²) < 4.78 is 1.96. The lowest BCUT2D eigenvalue weighted by Crippen LogP contribution is -2.46. The van der Waals surface area contributed by atoms with Crippen LogP contribution in [0.25, 0.3) is 0 Å². The second-order valence-corrected chi connectivity index (χ2v) is 8.18. The van der Waals surface area contributed by atoms with Gasteiger partial charge in [0.1, 0.15) is 16.9 Å². The largest absolute Gasteiger partial charge is 0.384 e. The summed E-state index contributed by atoms with van der Waals surface area (Å²) in [5.41, 5.74) is 3.46. The number of unbranched alkanes of at least 4 members (excludes halogenated alkanes) is 1. The SMILES string of the molecule is CCCC[C@@]1(c2ccccc2)NC(=O)N(CC(=O)c2c(N)n(CCC)c(=O)n(C)c2=O)C1=O. The minimum atomic E-state index is -1.29. The first-order chi connectivity index (χ1) is 15.7. The molecule has 0 saturated carbocycles. The van der Waals surface area contributed by atoms with Crippen LogP contribution in [0, 0.1) is 0 Å². The van der Waals surface area contributed by atoms with Crippen molar-refractivity contribution in [3.63, 3.8) is 0 Å². The number of urea groups is 1. The summed E-state index contributed by atoms with van der Waals surface area (Å²) in [6.07, 6.45) is 2.41. The molecule has 1 fully saturated rings. The molecule has 2 aromatic rings. The highest BCUT2D eigenvalue weighted by atomic mass is 16.2. The molecule has 3 N–H and O–H groups in total. The summed E-state index contributed by atoms with van der Waals surface area (Å²) in [6, 6.07) is 8.16. The Hall–Kier alpha value is -3.69. The van der Waals surface area contributed by atoms with E-state index >= 15 is 0 Å². The third-order valence-electron chi connectivity index (χ3n) is 5.96. The van der Waals surface area contributed by atoms with E-state index in [1.807, 2.05) is 19.9 Å². The third kappa shape index (κ3) is 4.08. The fraction of sp³-hybridized carbons (Fsp3) is 0.435. The number of carbonyl (C=O) groups is 3. The smallest absolute Gasteiger partial charge is 0.332 e. The minimum absolute atomic E-state index is 0.219. The molecule has 0 radical (unpaired) electrons. The molecule has 2 heterocycles. The molecule has 1 aromatic carbocycles. The van der Waals surface area contributed by atoms with E-state index in [2.05, 4.69) is 5.32 Å². The molecule has 1 saturated heterocycles. The number of aromatic nitrogens is 2. The van der Waals surface area contributed by atoms with Gasteiger partial charge >= 0.3 is 11.7 Å². The normalized spacial score (nSPS) is 18.0. The van der Waals surface area contributed by atoms with E-state index in [9.17, 15) is 24.0 Å². The van der Waals surface area contributed by atoms with Crippen molar-refractivity contribution in [1.29, 1.82) is 0 Å². The summed E-state index contributed by atoms with van der Waals surface area (Å²) >= 11 is 0. The number of carbonyl (C=O) groups excluding carboxylic acids is 3. The first-order valence-corrected chi connectivity index (χ1v) is 11.0. The Morgan fingerprint density at radius 2 is 1.73 bits per heavy atom. The zero-order chi connectivity index (χ0) is 24.3. The molecule has 1 aliphatic rings. The quantitative estimate of drug-likeness (QED) is 0.433. The number of imide groups is 1. The van der Waals surface area contributed by atoms with Crippen LogP contribution < -0.4 is 22.3 Å². The highest BCUT2D eigenvalue weighted by Crippen LogP contribution is 2.34. The number of amides is 3. The maximum atomic E-state index is 13.5. The molecule has 3 amide bonds. The van der Waals surface area contributed by atoms with Crippen LogP contribution >= 0.6 is 0 Å². The fourth-order valence-corrected chi connectivity index (χ4v) is 4.15. The van der Waals surface area contributed by atoms with E-state index in [0.717, 1.165) is 20.5 Å². The van der Waals surface area contributed by atoms with Crippen LogP contribution in [-0.4, -0.2) is 38.3 Å². The second kappa shape index (κ2) is 9.43. The van der Waals surface area contributed by atoms with Crippen molar-refractivity contribution >= 4 is 23.5 Å². The summed E-state index contributed by atoms with van der Waals surface area (Å²) in [5, 5.41) is 2.77. The molecule has 0 aliphatic carbocycles. The molecule has 1 atom stereocenters. The number of nitrogen functional groups attached to an aromatic ring is 1. The molecule has 0 spiro atoms. The highest BCUT2D eigenvalue weighted by molar-refractivity contribution is 6.12. The average Bonchev–Trinajstić information content (AvgIpc) is 3.05. The minimum Gasteiger partial charge on any atom is -0.384 e. The Morgan fingerprint density at radius 3 is 2.33 bits per heavy atom. The number of anilines is 1. The summed E-state index contributed by atoms with van der Waals surface area (Å²) in [6.45, 7) is 3.36. The van der Waals surface area contributed by atoms with Gasteiger partial charge in [0, 0.05) is 13.6 Å². The molecule has 33 heavy (non-hydrogen) atoms. The Balaban J connectivity index is 2.00. The average molecular weight is 456 g/mol. The number of hydrogen-bond donors (Lipinski definition) is 2. The van der Waals surface area contributed by atoms with E-state index in [1.54, 1.807) is 24.3 Å². The molecular weight excluding hydrogens is 426 g/mol. The van der Waals surface area contributed by atoms with Crippen molar-refractivity contribution in [2.24, 2.45) is 7.05 Å². The topological polar surface area (TPSA) is 136 Å². The van der Waals surface area contributed by atoms with Crippen molar-refractivity contribution in [3.8, 4) is 0 Å². The maximum Gasteiger partial charge on any atom is 0.332 e. The van der Waals surface area contributed by atoms with Crippen LogP contribution in [0.5, 0.6) is 0 Å². The van der Waals surface area contributed by atoms with Gasteiger partial charge in [-0.05, 0) is 18.4 Å². The van der Waals surface area contributed by atoms with Gasteiger partial charge in [0.25, 0.3) is 11.5 Å². The van der Waals surface area contributed by atoms with Crippen LogP contribution in [0.1, 0.15) is 55.5 Å². The number of hydrogen-bond acceptors (Lipinski definition) is 6. The van der Waals surface area contributed by atoms with Crippen molar-refractivity contribution in [2.75, 3.05) is 12.3 Å². The molecule has 1 aliphatic heterocycles. The van der Waals surface area contributed by atoms with E-state index in [0.29, 0.717) is 24.8 Å². The van der Waals surface area contributed by atoms with Gasteiger partial charge < -0.3 is 11.1 Å². The second-order valence-electron chi connectivity index (χ2n) is 8.18. The van der Waals surface area contributed by atoms with Gasteiger partial charge in [-0.25, -0.2) is 9.59 Å². The Bertz CT molecular complexity index is 1200. The molecule has 3 rings (SSSR count). The lowest BCUT2D eigenvalue weighted by Gasteiger charge is -2.27. The van der Waals surface area contributed by atoms with Gasteiger partial charge in [0.2, 0.25) is 0 Å². The molecule has 1 aromatic heterocycles. The van der Waals surface area contributed by atoms with E-state index in [1.165, 1.54) is 7.05 Å². The predicted octanol–water partition coefficient (Wildman–Crippen LogP) is 1.36. The zero-order valence-electron chi connectivity index (χ0n) is 19.1. The Labute approximate surface area is 191 Å². The van der Waals surface area contributed by atoms with Gasteiger partial charge in [0.15, 0.2) is 5.78 Å². The van der Waals surface area contributed by atoms with E-state index in [4.69, 9.17) is 5.73 Å². The maximum absolute atomic E-state index is 13.5. The molecule has 10 heteroatoms. The summed E-state index contributed by atoms with van der Waals surface area (Å²) in [5.74, 6) is -1.62. The van der Waals surface area contributed by atoms with Crippen LogP contribution in [-0.2, 0) is 23.9 Å². The fourth-order valence-electron chi connectivity index (χ4n) is 4.15. The van der Waals surface area contributed by atoms with Gasteiger partial charge in [-0.1, -0.05) is 57.0 Å². The van der Waals surface area contributed by atoms with Crippen LogP contribution in [0.2, 0.25) is 0 Å². The van der Waals surface area contributed by atoms with Crippen molar-refractivity contribution in [2.45, 2.75) is 51.6 Å². The Morgan fingerprint density at radius 1 is 1.06 bits per heavy atom. The molecule has 0 unspecified atom stereocenters. The van der Waals surface area contributed by atoms with Gasteiger partial charge in [-0.15, -0.1) is 0 Å². The summed E-state index contributed by atoms with van der Waals surface area (Å²) in [7, 11) is 1.26. The number of rotatable bonds is 9. The van der Waals surface area contributed by atoms with E-state index < -0.39 is 46.6 Å².